The predicted molar refractivity (Wildman–Crippen MR) is 116 cm³/mol. The average molecular weight is 436 g/mol. The lowest BCUT2D eigenvalue weighted by atomic mass is 10.1. The van der Waals surface area contributed by atoms with Crippen molar-refractivity contribution in [2.75, 3.05) is 23.7 Å². The van der Waals surface area contributed by atoms with Crippen LogP contribution in [-0.4, -0.2) is 39.9 Å². The van der Waals surface area contributed by atoms with E-state index in [1.165, 1.54) is 24.4 Å². The lowest BCUT2D eigenvalue weighted by molar-refractivity contribution is -0.119. The van der Waals surface area contributed by atoms with Crippen LogP contribution in [0.4, 0.5) is 10.1 Å². The van der Waals surface area contributed by atoms with Crippen LogP contribution in [-0.2, 0) is 14.8 Å². The number of halogens is 1. The van der Waals surface area contributed by atoms with Crippen LogP contribution < -0.4 is 14.5 Å². The Kier molecular flexibility index (Phi) is 8.35. The molecule has 0 aliphatic rings. The highest BCUT2D eigenvalue weighted by molar-refractivity contribution is 7.92. The molecule has 0 saturated heterocycles. The lowest BCUT2D eigenvalue weighted by Gasteiger charge is -2.21. The van der Waals surface area contributed by atoms with Crippen molar-refractivity contribution in [3.8, 4) is 5.75 Å². The number of benzene rings is 2. The van der Waals surface area contributed by atoms with Gasteiger partial charge in [-0.15, -0.1) is 0 Å². The van der Waals surface area contributed by atoms with Crippen molar-refractivity contribution in [2.45, 2.75) is 20.3 Å². The Morgan fingerprint density at radius 1 is 1.23 bits per heavy atom. The molecule has 0 unspecified atom stereocenters. The molecule has 0 atom stereocenters. The fourth-order valence-corrected chi connectivity index (χ4v) is 3.29. The molecule has 0 aromatic heterocycles. The topological polar surface area (TPSA) is 88.1 Å². The first-order valence-electron chi connectivity index (χ1n) is 9.43. The van der Waals surface area contributed by atoms with E-state index >= 15 is 0 Å². The summed E-state index contributed by atoms with van der Waals surface area (Å²) in [5.74, 6) is 0.0565. The molecule has 2 aromatic carbocycles. The zero-order valence-electron chi connectivity index (χ0n) is 17.2. The SMILES string of the molecule is CC(C)CCOc1ccc(/C=N\NC(=O)CN(c2cccc(F)c2)S(C)(=O)=O)cc1. The van der Waals surface area contributed by atoms with E-state index in [1.807, 2.05) is 0 Å². The number of ether oxygens (including phenoxy) is 1. The molecule has 2 rings (SSSR count). The molecule has 0 aliphatic carbocycles. The van der Waals surface area contributed by atoms with Gasteiger partial charge in [0.25, 0.3) is 5.91 Å². The summed E-state index contributed by atoms with van der Waals surface area (Å²) in [6, 6.07) is 12.2. The van der Waals surface area contributed by atoms with Gasteiger partial charge in [-0.3, -0.25) is 9.10 Å². The van der Waals surface area contributed by atoms with Crippen LogP contribution in [0.2, 0.25) is 0 Å². The normalized spacial score (nSPS) is 11.6. The van der Waals surface area contributed by atoms with E-state index in [1.54, 1.807) is 24.3 Å². The maximum absolute atomic E-state index is 13.4. The third-order valence-electron chi connectivity index (χ3n) is 4.03. The van der Waals surface area contributed by atoms with E-state index in [0.717, 1.165) is 34.4 Å². The zero-order valence-corrected chi connectivity index (χ0v) is 18.0. The van der Waals surface area contributed by atoms with Crippen LogP contribution >= 0.6 is 0 Å². The Labute approximate surface area is 176 Å². The summed E-state index contributed by atoms with van der Waals surface area (Å²) in [5.41, 5.74) is 3.07. The molecule has 0 heterocycles. The molecule has 30 heavy (non-hydrogen) atoms. The van der Waals surface area contributed by atoms with Crippen molar-refractivity contribution in [3.63, 3.8) is 0 Å². The summed E-state index contributed by atoms with van der Waals surface area (Å²) >= 11 is 0. The Morgan fingerprint density at radius 2 is 1.93 bits per heavy atom. The minimum atomic E-state index is -3.78. The van der Waals surface area contributed by atoms with Gasteiger partial charge in [0.05, 0.1) is 24.8 Å². The Bertz CT molecular complexity index is 976. The number of carbonyl (C=O) groups excluding carboxylic acids is 1. The van der Waals surface area contributed by atoms with Gasteiger partial charge in [-0.1, -0.05) is 19.9 Å². The molecular weight excluding hydrogens is 409 g/mol. The first-order valence-corrected chi connectivity index (χ1v) is 11.3. The van der Waals surface area contributed by atoms with Gasteiger partial charge >= 0.3 is 0 Å². The average Bonchev–Trinajstić information content (AvgIpc) is 2.66. The minimum Gasteiger partial charge on any atom is -0.494 e. The number of nitrogens with one attached hydrogen (secondary N) is 1. The first-order chi connectivity index (χ1) is 14.1. The van der Waals surface area contributed by atoms with Gasteiger partial charge in [0.15, 0.2) is 0 Å². The van der Waals surface area contributed by atoms with Crippen LogP contribution in [0.5, 0.6) is 5.75 Å². The number of nitrogens with zero attached hydrogens (tertiary/aromatic N) is 2. The number of rotatable bonds is 10. The first kappa shape index (κ1) is 23.3. The van der Waals surface area contributed by atoms with Crippen molar-refractivity contribution in [1.82, 2.24) is 5.43 Å². The fourth-order valence-electron chi connectivity index (χ4n) is 2.44. The number of amides is 1. The second-order valence-electron chi connectivity index (χ2n) is 7.14. The molecule has 162 valence electrons. The third kappa shape index (κ3) is 7.82. The molecule has 0 radical (unpaired) electrons. The van der Waals surface area contributed by atoms with Crippen LogP contribution in [0.1, 0.15) is 25.8 Å². The zero-order chi connectivity index (χ0) is 22.1. The molecule has 1 N–H and O–H groups in total. The van der Waals surface area contributed by atoms with Gasteiger partial charge in [-0.05, 0) is 60.4 Å². The van der Waals surface area contributed by atoms with Crippen molar-refractivity contribution >= 4 is 27.8 Å². The standard InChI is InChI=1S/C21H26FN3O4S/c1-16(2)11-12-29-20-9-7-17(8-10-20)14-23-24-21(26)15-25(30(3,27)28)19-6-4-5-18(22)13-19/h4-10,13-14,16H,11-12,15H2,1-3H3,(H,24,26)/b23-14-. The van der Waals surface area contributed by atoms with Crippen LogP contribution in [0.15, 0.2) is 53.6 Å². The molecule has 7 nitrogen and oxygen atoms in total. The molecule has 0 saturated carbocycles. The summed E-state index contributed by atoms with van der Waals surface area (Å²) in [5, 5.41) is 3.84. The van der Waals surface area contributed by atoms with Gasteiger partial charge in [0.2, 0.25) is 10.0 Å². The number of hydrazone groups is 1. The van der Waals surface area contributed by atoms with E-state index in [2.05, 4.69) is 24.4 Å². The van der Waals surface area contributed by atoms with E-state index < -0.39 is 28.3 Å². The van der Waals surface area contributed by atoms with Gasteiger partial charge in [-0.25, -0.2) is 18.2 Å². The summed E-state index contributed by atoms with van der Waals surface area (Å²) in [6.45, 7) is 4.38. The summed E-state index contributed by atoms with van der Waals surface area (Å²) < 4.78 is 43.9. The molecule has 0 spiro atoms. The maximum atomic E-state index is 13.4. The number of sulfonamides is 1. The van der Waals surface area contributed by atoms with E-state index in [9.17, 15) is 17.6 Å². The molecule has 0 aliphatic heterocycles. The van der Waals surface area contributed by atoms with E-state index in [4.69, 9.17) is 4.74 Å². The van der Waals surface area contributed by atoms with Gasteiger partial charge in [0, 0.05) is 0 Å². The Balaban J connectivity index is 1.93. The highest BCUT2D eigenvalue weighted by Crippen LogP contribution is 2.18. The summed E-state index contributed by atoms with van der Waals surface area (Å²) in [7, 11) is -3.78. The smallest absolute Gasteiger partial charge is 0.260 e. The van der Waals surface area contributed by atoms with Crippen molar-refractivity contribution in [3.05, 3.63) is 59.9 Å². The largest absolute Gasteiger partial charge is 0.494 e. The third-order valence-corrected chi connectivity index (χ3v) is 5.17. The molecule has 0 bridgehead atoms. The summed E-state index contributed by atoms with van der Waals surface area (Å²) in [4.78, 5) is 12.1. The van der Waals surface area contributed by atoms with E-state index in [-0.39, 0.29) is 5.69 Å². The Morgan fingerprint density at radius 3 is 2.53 bits per heavy atom. The molecule has 9 heteroatoms. The van der Waals surface area contributed by atoms with Crippen LogP contribution in [0.3, 0.4) is 0 Å². The second kappa shape index (κ2) is 10.7. The predicted octanol–water partition coefficient (Wildman–Crippen LogP) is 3.17. The minimum absolute atomic E-state index is 0.0599. The van der Waals surface area contributed by atoms with Gasteiger partial charge in [0.1, 0.15) is 18.1 Å². The number of anilines is 1. The monoisotopic (exact) mass is 435 g/mol. The lowest BCUT2D eigenvalue weighted by Crippen LogP contribution is -2.39. The van der Waals surface area contributed by atoms with Crippen LogP contribution in [0, 0.1) is 11.7 Å². The molecule has 2 aromatic rings. The molecule has 1 amide bonds. The number of carbonyl (C=O) groups is 1. The number of hydrogen-bond acceptors (Lipinski definition) is 5. The number of hydrogen-bond donors (Lipinski definition) is 1. The van der Waals surface area contributed by atoms with Gasteiger partial charge in [-0.2, -0.15) is 5.10 Å². The fraction of sp³-hybridized carbons (Fsp3) is 0.333. The van der Waals surface area contributed by atoms with Crippen LogP contribution in [0.25, 0.3) is 0 Å². The molecular formula is C21H26FN3O4S. The highest BCUT2D eigenvalue weighted by Gasteiger charge is 2.21. The van der Waals surface area contributed by atoms with Crippen molar-refractivity contribution in [2.24, 2.45) is 11.0 Å². The van der Waals surface area contributed by atoms with Crippen molar-refractivity contribution < 1.29 is 22.3 Å². The van der Waals surface area contributed by atoms with E-state index in [0.29, 0.717) is 12.5 Å². The second-order valence-corrected chi connectivity index (χ2v) is 9.05. The maximum Gasteiger partial charge on any atom is 0.260 e. The molecule has 0 fully saturated rings. The Hall–Kier alpha value is -2.94. The quantitative estimate of drug-likeness (QED) is 0.459. The van der Waals surface area contributed by atoms with Gasteiger partial charge < -0.3 is 4.74 Å². The summed E-state index contributed by atoms with van der Waals surface area (Å²) in [6.07, 6.45) is 3.34. The van der Waals surface area contributed by atoms with Crippen molar-refractivity contribution in [1.29, 1.82) is 0 Å². The highest BCUT2D eigenvalue weighted by atomic mass is 32.2.